The van der Waals surface area contributed by atoms with Crippen molar-refractivity contribution in [3.05, 3.63) is 0 Å². The van der Waals surface area contributed by atoms with Crippen LogP contribution in [-0.2, 0) is 0 Å². The quantitative estimate of drug-likeness (QED) is 0.555. The van der Waals surface area contributed by atoms with Gasteiger partial charge in [0.2, 0.25) is 0 Å². The second-order valence-corrected chi connectivity index (χ2v) is 3.41. The molecule has 2 atom stereocenters. The van der Waals surface area contributed by atoms with Crippen LogP contribution in [-0.4, -0.2) is 31.1 Å². The fraction of sp³-hybridized carbons (Fsp3) is 0.875. The Morgan fingerprint density at radius 2 is 1.82 bits per heavy atom. The summed E-state index contributed by atoms with van der Waals surface area (Å²) in [6, 6.07) is 0.0567. The lowest BCUT2D eigenvalue weighted by atomic mass is 10.0. The van der Waals surface area contributed by atoms with Crippen molar-refractivity contribution in [2.24, 2.45) is 11.8 Å². The van der Waals surface area contributed by atoms with Gasteiger partial charge < -0.3 is 10.2 Å². The van der Waals surface area contributed by atoms with Crippen molar-refractivity contribution in [3.8, 4) is 0 Å². The molecule has 1 saturated heterocycles. The third-order valence-corrected chi connectivity index (χ3v) is 2.49. The summed E-state index contributed by atoms with van der Waals surface area (Å²) in [6.07, 6.45) is 0. The van der Waals surface area contributed by atoms with Crippen LogP contribution in [0.4, 0.5) is 4.79 Å². The maximum Gasteiger partial charge on any atom is 0.317 e. The number of nitrogens with one attached hydrogen (secondary N) is 1. The third kappa shape index (κ3) is 1.64. The molecule has 64 valence electrons. The minimum absolute atomic E-state index is 0.0567. The minimum Gasteiger partial charge on any atom is -0.341 e. The minimum atomic E-state index is 0.0567. The van der Waals surface area contributed by atoms with Crippen molar-refractivity contribution >= 4 is 6.03 Å². The van der Waals surface area contributed by atoms with Crippen molar-refractivity contribution < 1.29 is 4.79 Å². The summed E-state index contributed by atoms with van der Waals surface area (Å²) >= 11 is 0. The number of rotatable bonds is 0. The Hall–Kier alpha value is -0.730. The number of hydrogen-bond donors (Lipinski definition) is 1. The highest BCUT2D eigenvalue weighted by molar-refractivity contribution is 5.74. The molecule has 1 N–H and O–H groups in total. The van der Waals surface area contributed by atoms with E-state index in [1.54, 1.807) is 7.05 Å². The highest BCUT2D eigenvalue weighted by Gasteiger charge is 2.28. The second-order valence-electron chi connectivity index (χ2n) is 3.41. The Balaban J connectivity index is 2.46. The van der Waals surface area contributed by atoms with E-state index in [0.29, 0.717) is 11.8 Å². The van der Waals surface area contributed by atoms with Crippen molar-refractivity contribution in [2.75, 3.05) is 20.1 Å². The van der Waals surface area contributed by atoms with Gasteiger partial charge in [0, 0.05) is 20.1 Å². The molecule has 0 aromatic heterocycles. The van der Waals surface area contributed by atoms with E-state index in [9.17, 15) is 4.79 Å². The summed E-state index contributed by atoms with van der Waals surface area (Å²) < 4.78 is 0. The summed E-state index contributed by atoms with van der Waals surface area (Å²) in [7, 11) is 1.68. The standard InChI is InChI=1S/C8H16N2O/c1-6-4-10(5-7(6)2)8(11)9-3/h6-7H,4-5H2,1-3H3,(H,9,11). The highest BCUT2D eigenvalue weighted by atomic mass is 16.2. The van der Waals surface area contributed by atoms with Crippen molar-refractivity contribution in [2.45, 2.75) is 13.8 Å². The van der Waals surface area contributed by atoms with Crippen LogP contribution in [0.15, 0.2) is 0 Å². The lowest BCUT2D eigenvalue weighted by molar-refractivity contribution is 0.209. The molecular formula is C8H16N2O. The van der Waals surface area contributed by atoms with Gasteiger partial charge in [-0.25, -0.2) is 4.79 Å². The third-order valence-electron chi connectivity index (χ3n) is 2.49. The molecule has 0 aromatic carbocycles. The summed E-state index contributed by atoms with van der Waals surface area (Å²) in [5, 5.41) is 2.64. The van der Waals surface area contributed by atoms with Crippen LogP contribution >= 0.6 is 0 Å². The molecule has 0 saturated carbocycles. The van der Waals surface area contributed by atoms with Crippen molar-refractivity contribution in [1.82, 2.24) is 10.2 Å². The number of nitrogens with zero attached hydrogens (tertiary/aromatic N) is 1. The van der Waals surface area contributed by atoms with Gasteiger partial charge in [-0.15, -0.1) is 0 Å². The van der Waals surface area contributed by atoms with E-state index in [4.69, 9.17) is 0 Å². The molecule has 11 heavy (non-hydrogen) atoms. The zero-order valence-corrected chi connectivity index (χ0v) is 7.42. The SMILES string of the molecule is CNC(=O)N1CC(C)C(C)C1. The molecule has 1 rings (SSSR count). The van der Waals surface area contributed by atoms with Gasteiger partial charge in [-0.1, -0.05) is 13.8 Å². The van der Waals surface area contributed by atoms with Crippen LogP contribution in [0.2, 0.25) is 0 Å². The Bertz CT molecular complexity index is 148. The van der Waals surface area contributed by atoms with Crippen molar-refractivity contribution in [1.29, 1.82) is 0 Å². The molecule has 1 aliphatic rings. The Morgan fingerprint density at radius 3 is 2.18 bits per heavy atom. The zero-order chi connectivity index (χ0) is 8.43. The Morgan fingerprint density at radius 1 is 1.36 bits per heavy atom. The van der Waals surface area contributed by atoms with Crippen LogP contribution in [0, 0.1) is 11.8 Å². The van der Waals surface area contributed by atoms with Gasteiger partial charge in [-0.05, 0) is 11.8 Å². The van der Waals surface area contributed by atoms with Crippen LogP contribution in [0.3, 0.4) is 0 Å². The monoisotopic (exact) mass is 156 g/mol. The lowest BCUT2D eigenvalue weighted by Gasteiger charge is -2.14. The second kappa shape index (κ2) is 3.11. The molecule has 1 heterocycles. The number of hydrogen-bond acceptors (Lipinski definition) is 1. The highest BCUT2D eigenvalue weighted by Crippen LogP contribution is 2.21. The van der Waals surface area contributed by atoms with Crippen LogP contribution in [0.25, 0.3) is 0 Å². The lowest BCUT2D eigenvalue weighted by Crippen LogP contribution is -2.36. The van der Waals surface area contributed by atoms with Gasteiger partial charge in [0.15, 0.2) is 0 Å². The van der Waals surface area contributed by atoms with Gasteiger partial charge in [0.25, 0.3) is 0 Å². The van der Waals surface area contributed by atoms with Crippen LogP contribution in [0.5, 0.6) is 0 Å². The number of likely N-dealkylation sites (tertiary alicyclic amines) is 1. The zero-order valence-electron chi connectivity index (χ0n) is 7.42. The predicted molar refractivity (Wildman–Crippen MR) is 44.4 cm³/mol. The topological polar surface area (TPSA) is 32.3 Å². The van der Waals surface area contributed by atoms with Gasteiger partial charge >= 0.3 is 6.03 Å². The predicted octanol–water partition coefficient (Wildman–Crippen LogP) is 0.914. The number of urea groups is 1. The van der Waals surface area contributed by atoms with E-state index in [0.717, 1.165) is 13.1 Å². The first-order valence-corrected chi connectivity index (χ1v) is 4.11. The molecule has 0 aliphatic carbocycles. The van der Waals surface area contributed by atoms with E-state index in [1.165, 1.54) is 0 Å². The van der Waals surface area contributed by atoms with E-state index in [2.05, 4.69) is 19.2 Å². The van der Waals surface area contributed by atoms with Crippen molar-refractivity contribution in [3.63, 3.8) is 0 Å². The average molecular weight is 156 g/mol. The molecule has 0 radical (unpaired) electrons. The maximum absolute atomic E-state index is 11.1. The number of amides is 2. The van der Waals surface area contributed by atoms with E-state index < -0.39 is 0 Å². The number of carbonyl (C=O) groups excluding carboxylic acids is 1. The van der Waals surface area contributed by atoms with Gasteiger partial charge in [-0.2, -0.15) is 0 Å². The summed E-state index contributed by atoms with van der Waals surface area (Å²) in [4.78, 5) is 13.0. The smallest absolute Gasteiger partial charge is 0.317 e. The first-order valence-electron chi connectivity index (χ1n) is 4.11. The first-order chi connectivity index (χ1) is 5.15. The van der Waals surface area contributed by atoms with Crippen LogP contribution in [0.1, 0.15) is 13.8 Å². The molecule has 0 spiro atoms. The van der Waals surface area contributed by atoms with E-state index in [1.807, 2.05) is 4.90 Å². The normalized spacial score (nSPS) is 30.6. The molecule has 0 bridgehead atoms. The molecule has 2 unspecified atom stereocenters. The number of carbonyl (C=O) groups is 1. The van der Waals surface area contributed by atoms with Gasteiger partial charge in [0.1, 0.15) is 0 Å². The Kier molecular flexibility index (Phi) is 2.37. The Labute approximate surface area is 67.8 Å². The molecule has 1 aliphatic heterocycles. The van der Waals surface area contributed by atoms with Gasteiger partial charge in [-0.3, -0.25) is 0 Å². The summed E-state index contributed by atoms with van der Waals surface area (Å²) in [6.45, 7) is 6.18. The maximum atomic E-state index is 11.1. The van der Waals surface area contributed by atoms with E-state index >= 15 is 0 Å². The first kappa shape index (κ1) is 8.37. The fourth-order valence-corrected chi connectivity index (χ4v) is 1.45. The van der Waals surface area contributed by atoms with Crippen LogP contribution < -0.4 is 5.32 Å². The summed E-state index contributed by atoms with van der Waals surface area (Å²) in [5.74, 6) is 1.29. The van der Waals surface area contributed by atoms with Gasteiger partial charge in [0.05, 0.1) is 0 Å². The molecule has 3 heteroatoms. The molecule has 3 nitrogen and oxygen atoms in total. The molecule has 0 aromatic rings. The fourth-order valence-electron chi connectivity index (χ4n) is 1.45. The molecule has 2 amide bonds. The largest absolute Gasteiger partial charge is 0.341 e. The summed E-state index contributed by atoms with van der Waals surface area (Å²) in [5.41, 5.74) is 0. The molecular weight excluding hydrogens is 140 g/mol. The van der Waals surface area contributed by atoms with E-state index in [-0.39, 0.29) is 6.03 Å². The molecule has 1 fully saturated rings. The average Bonchev–Trinajstić information content (AvgIpc) is 2.31.